The van der Waals surface area contributed by atoms with E-state index in [9.17, 15) is 13.2 Å². The number of hydrogen-bond acceptors (Lipinski definition) is 4. The van der Waals surface area contributed by atoms with Crippen LogP contribution in [0.3, 0.4) is 0 Å². The van der Waals surface area contributed by atoms with E-state index < -0.39 is 10.0 Å². The molecular weight excluding hydrogens is 411 g/mol. The molecule has 0 heterocycles. The Morgan fingerprint density at radius 3 is 2.44 bits per heavy atom. The minimum atomic E-state index is -3.73. The normalized spacial score (nSPS) is 12.4. The van der Waals surface area contributed by atoms with Crippen LogP contribution in [-0.4, -0.2) is 20.9 Å². The summed E-state index contributed by atoms with van der Waals surface area (Å²) in [6.07, 6.45) is 0.798. The van der Waals surface area contributed by atoms with Crippen molar-refractivity contribution < 1.29 is 17.9 Å². The summed E-state index contributed by atoms with van der Waals surface area (Å²) in [5, 5.41) is 8.87. The van der Waals surface area contributed by atoms with E-state index >= 15 is 0 Å². The van der Waals surface area contributed by atoms with Gasteiger partial charge in [-0.25, -0.2) is 13.6 Å². The number of hydrogen-bond donors (Lipinski definition) is 2. The molecule has 1 atom stereocenters. The molecule has 6 nitrogen and oxygen atoms in total. The summed E-state index contributed by atoms with van der Waals surface area (Å²) >= 11 is 11.8. The van der Waals surface area contributed by atoms with Crippen LogP contribution >= 0.6 is 23.2 Å². The van der Waals surface area contributed by atoms with E-state index in [-0.39, 0.29) is 23.3 Å². The van der Waals surface area contributed by atoms with Crippen molar-refractivity contribution in [3.63, 3.8) is 0 Å². The van der Waals surface area contributed by atoms with E-state index in [1.807, 2.05) is 6.92 Å². The zero-order chi connectivity index (χ0) is 20.0. The predicted molar refractivity (Wildman–Crippen MR) is 106 cm³/mol. The van der Waals surface area contributed by atoms with Gasteiger partial charge in [-0.2, -0.15) is 0 Å². The fourth-order valence-electron chi connectivity index (χ4n) is 2.35. The van der Waals surface area contributed by atoms with Crippen LogP contribution in [0, 0.1) is 0 Å². The van der Waals surface area contributed by atoms with Crippen molar-refractivity contribution in [3.05, 3.63) is 58.1 Å². The number of carbonyl (C=O) groups excluding carboxylic acids is 1. The van der Waals surface area contributed by atoms with Gasteiger partial charge in [0.2, 0.25) is 15.9 Å². The Morgan fingerprint density at radius 2 is 1.85 bits per heavy atom. The molecule has 0 saturated heterocycles. The first kappa shape index (κ1) is 21.5. The lowest BCUT2D eigenvalue weighted by Crippen LogP contribution is -2.26. The van der Waals surface area contributed by atoms with Gasteiger partial charge in [0.1, 0.15) is 5.75 Å². The summed E-state index contributed by atoms with van der Waals surface area (Å²) in [7, 11) is -3.73. The Morgan fingerprint density at radius 1 is 1.19 bits per heavy atom. The third-order valence-corrected chi connectivity index (χ3v) is 5.25. The number of nitrogens with two attached hydrogens (primary N) is 1. The molecule has 0 saturated carbocycles. The van der Waals surface area contributed by atoms with Crippen molar-refractivity contribution in [1.29, 1.82) is 0 Å². The molecule has 1 amide bonds. The van der Waals surface area contributed by atoms with E-state index in [0.29, 0.717) is 28.8 Å². The van der Waals surface area contributed by atoms with Crippen LogP contribution in [0.1, 0.15) is 31.4 Å². The highest BCUT2D eigenvalue weighted by Crippen LogP contribution is 2.27. The number of carbonyl (C=O) groups is 1. The quantitative estimate of drug-likeness (QED) is 0.623. The Bertz CT molecular complexity index is 902. The SMILES string of the molecule is CC(NC(=O)CCCOc1ccc(Cl)cc1Cl)c1ccc(S(N)(=O)=O)cc1. The van der Waals surface area contributed by atoms with E-state index in [0.717, 1.165) is 5.56 Å². The molecule has 3 N–H and O–H groups in total. The van der Waals surface area contributed by atoms with Crippen molar-refractivity contribution in [2.45, 2.75) is 30.7 Å². The number of amides is 1. The van der Waals surface area contributed by atoms with Gasteiger partial charge in [-0.05, 0) is 49.2 Å². The summed E-state index contributed by atoms with van der Waals surface area (Å²) in [5.41, 5.74) is 0.778. The number of sulfonamides is 1. The number of primary sulfonamides is 1. The zero-order valence-electron chi connectivity index (χ0n) is 14.6. The molecule has 0 radical (unpaired) electrons. The van der Waals surface area contributed by atoms with E-state index in [4.69, 9.17) is 33.1 Å². The highest BCUT2D eigenvalue weighted by atomic mass is 35.5. The van der Waals surface area contributed by atoms with Gasteiger partial charge in [0, 0.05) is 11.4 Å². The first-order valence-electron chi connectivity index (χ1n) is 8.17. The maximum absolute atomic E-state index is 12.0. The number of ether oxygens (including phenoxy) is 1. The highest BCUT2D eigenvalue weighted by Gasteiger charge is 2.12. The van der Waals surface area contributed by atoms with Crippen molar-refractivity contribution in [2.24, 2.45) is 5.14 Å². The number of rotatable bonds is 8. The zero-order valence-corrected chi connectivity index (χ0v) is 16.9. The number of halogens is 2. The summed E-state index contributed by atoms with van der Waals surface area (Å²) < 4.78 is 28.1. The number of nitrogens with one attached hydrogen (secondary N) is 1. The third kappa shape index (κ3) is 6.70. The van der Waals surface area contributed by atoms with Gasteiger partial charge < -0.3 is 10.1 Å². The second-order valence-electron chi connectivity index (χ2n) is 5.93. The van der Waals surface area contributed by atoms with Crippen LogP contribution < -0.4 is 15.2 Å². The van der Waals surface area contributed by atoms with E-state index in [2.05, 4.69) is 5.32 Å². The first-order chi connectivity index (χ1) is 12.7. The molecule has 2 aromatic carbocycles. The average molecular weight is 431 g/mol. The molecule has 0 spiro atoms. The van der Waals surface area contributed by atoms with Gasteiger partial charge in [0.05, 0.1) is 22.6 Å². The molecule has 9 heteroatoms. The molecule has 27 heavy (non-hydrogen) atoms. The van der Waals surface area contributed by atoms with Gasteiger partial charge in [-0.15, -0.1) is 0 Å². The molecule has 2 rings (SSSR count). The van der Waals surface area contributed by atoms with Crippen LogP contribution in [0.2, 0.25) is 10.0 Å². The smallest absolute Gasteiger partial charge is 0.238 e. The average Bonchev–Trinajstić information content (AvgIpc) is 2.59. The van der Waals surface area contributed by atoms with Gasteiger partial charge in [-0.3, -0.25) is 4.79 Å². The fraction of sp³-hybridized carbons (Fsp3) is 0.278. The highest BCUT2D eigenvalue weighted by molar-refractivity contribution is 7.89. The van der Waals surface area contributed by atoms with Gasteiger partial charge in [-0.1, -0.05) is 35.3 Å². The minimum absolute atomic E-state index is 0.0304. The van der Waals surface area contributed by atoms with Crippen LogP contribution in [0.25, 0.3) is 0 Å². The molecular formula is C18H20Cl2N2O4S. The molecule has 0 fully saturated rings. The molecule has 146 valence electrons. The predicted octanol–water partition coefficient (Wildman–Crippen LogP) is 3.68. The van der Waals surface area contributed by atoms with Crippen LogP contribution in [0.5, 0.6) is 5.75 Å². The summed E-state index contributed by atoms with van der Waals surface area (Å²) in [4.78, 5) is 12.1. The summed E-state index contributed by atoms with van der Waals surface area (Å²) in [6, 6.07) is 10.8. The van der Waals surface area contributed by atoms with Crippen molar-refractivity contribution in [2.75, 3.05) is 6.61 Å². The fourth-order valence-corrected chi connectivity index (χ4v) is 3.33. The third-order valence-electron chi connectivity index (χ3n) is 3.79. The van der Waals surface area contributed by atoms with Crippen LogP contribution in [0.15, 0.2) is 47.4 Å². The largest absolute Gasteiger partial charge is 0.492 e. The van der Waals surface area contributed by atoms with Gasteiger partial charge >= 0.3 is 0 Å². The Kier molecular flexibility index (Phi) is 7.49. The summed E-state index contributed by atoms with van der Waals surface area (Å²) in [6.45, 7) is 2.15. The van der Waals surface area contributed by atoms with E-state index in [1.165, 1.54) is 12.1 Å². The second-order valence-corrected chi connectivity index (χ2v) is 8.34. The number of benzene rings is 2. The van der Waals surface area contributed by atoms with Crippen molar-refractivity contribution in [3.8, 4) is 5.75 Å². The Hall–Kier alpha value is -1.80. The maximum atomic E-state index is 12.0. The lowest BCUT2D eigenvalue weighted by molar-refractivity contribution is -0.121. The summed E-state index contributed by atoms with van der Waals surface area (Å²) in [5.74, 6) is 0.383. The monoisotopic (exact) mass is 430 g/mol. The molecule has 0 aliphatic carbocycles. The Balaban J connectivity index is 1.78. The first-order valence-corrected chi connectivity index (χ1v) is 10.5. The van der Waals surface area contributed by atoms with E-state index in [1.54, 1.807) is 30.3 Å². The molecule has 0 aromatic heterocycles. The molecule has 1 unspecified atom stereocenters. The van der Waals surface area contributed by atoms with Crippen LogP contribution in [0.4, 0.5) is 0 Å². The lowest BCUT2D eigenvalue weighted by Gasteiger charge is -2.15. The van der Waals surface area contributed by atoms with Crippen molar-refractivity contribution in [1.82, 2.24) is 5.32 Å². The van der Waals surface area contributed by atoms with Gasteiger partial charge in [0.15, 0.2) is 0 Å². The Labute approximate surface area is 168 Å². The second kappa shape index (κ2) is 9.41. The van der Waals surface area contributed by atoms with Gasteiger partial charge in [0.25, 0.3) is 0 Å². The molecule has 0 aliphatic heterocycles. The topological polar surface area (TPSA) is 98.5 Å². The lowest BCUT2D eigenvalue weighted by atomic mass is 10.1. The van der Waals surface area contributed by atoms with Crippen LogP contribution in [-0.2, 0) is 14.8 Å². The van der Waals surface area contributed by atoms with Crippen molar-refractivity contribution >= 4 is 39.1 Å². The maximum Gasteiger partial charge on any atom is 0.238 e. The molecule has 0 aliphatic rings. The molecule has 2 aromatic rings. The molecule has 0 bridgehead atoms. The standard InChI is InChI=1S/C18H20Cl2N2O4S/c1-12(13-4-7-15(8-5-13)27(21,24)25)22-18(23)3-2-10-26-17-9-6-14(19)11-16(17)20/h4-9,11-12H,2-3,10H2,1H3,(H,22,23)(H2,21,24,25). The minimum Gasteiger partial charge on any atom is -0.492 e.